The van der Waals surface area contributed by atoms with Gasteiger partial charge in [0.05, 0.1) is 5.56 Å². The summed E-state index contributed by atoms with van der Waals surface area (Å²) in [4.78, 5) is 44.1. The molecular weight excluding hydrogens is 484 g/mol. The van der Waals surface area contributed by atoms with Gasteiger partial charge in [-0.05, 0) is 58.6 Å². The molecule has 0 unspecified atom stereocenters. The van der Waals surface area contributed by atoms with E-state index in [4.69, 9.17) is 19.4 Å². The number of amides is 1. The number of carbonyl (C=O) groups is 2. The molecule has 1 aromatic carbocycles. The van der Waals surface area contributed by atoms with Gasteiger partial charge in [-0.2, -0.15) is 9.97 Å². The highest BCUT2D eigenvalue weighted by Gasteiger charge is 2.33. The summed E-state index contributed by atoms with van der Waals surface area (Å²) in [6.07, 6.45) is 4.04. The molecule has 1 amide bonds. The van der Waals surface area contributed by atoms with Crippen molar-refractivity contribution in [3.8, 4) is 5.75 Å². The van der Waals surface area contributed by atoms with Gasteiger partial charge in [-0.25, -0.2) is 9.59 Å². The van der Waals surface area contributed by atoms with E-state index in [0.717, 1.165) is 51.9 Å². The van der Waals surface area contributed by atoms with E-state index in [1.54, 1.807) is 17.0 Å². The van der Waals surface area contributed by atoms with Gasteiger partial charge in [0.1, 0.15) is 5.60 Å². The average molecular weight is 523 g/mol. The fourth-order valence-corrected chi connectivity index (χ4v) is 5.08. The molecule has 38 heavy (non-hydrogen) atoms. The zero-order valence-electron chi connectivity index (χ0n) is 22.7. The van der Waals surface area contributed by atoms with Gasteiger partial charge >= 0.3 is 12.1 Å². The minimum atomic E-state index is -0.547. The summed E-state index contributed by atoms with van der Waals surface area (Å²) in [6.45, 7) is 11.2. The summed E-state index contributed by atoms with van der Waals surface area (Å²) >= 11 is 0. The van der Waals surface area contributed by atoms with Crippen LogP contribution in [0.1, 0.15) is 56.8 Å². The van der Waals surface area contributed by atoms with Crippen LogP contribution in [0.2, 0.25) is 0 Å². The number of benzene rings is 1. The molecule has 204 valence electrons. The molecule has 3 saturated heterocycles. The number of aromatic nitrogens is 2. The minimum Gasteiger partial charge on any atom is -0.444 e. The van der Waals surface area contributed by atoms with Gasteiger partial charge in [0.15, 0.2) is 11.6 Å². The second kappa shape index (κ2) is 11.0. The topological polar surface area (TPSA) is 91.3 Å². The number of piperazine rings is 1. The number of nitrogens with zero attached hydrogens (tertiary/aromatic N) is 6. The zero-order valence-corrected chi connectivity index (χ0v) is 22.7. The van der Waals surface area contributed by atoms with Crippen LogP contribution in [0.4, 0.5) is 22.4 Å². The number of anilines is 3. The third-order valence-electron chi connectivity index (χ3n) is 7.05. The highest BCUT2D eigenvalue weighted by Crippen LogP contribution is 2.40. The Balaban J connectivity index is 1.48. The van der Waals surface area contributed by atoms with Crippen molar-refractivity contribution in [1.82, 2.24) is 14.9 Å². The maximum absolute atomic E-state index is 13.2. The normalized spacial score (nSPS) is 18.2. The van der Waals surface area contributed by atoms with Gasteiger partial charge < -0.3 is 29.1 Å². The van der Waals surface area contributed by atoms with E-state index in [-0.39, 0.29) is 6.09 Å². The highest BCUT2D eigenvalue weighted by atomic mass is 16.6. The van der Waals surface area contributed by atoms with E-state index in [9.17, 15) is 9.59 Å². The fourth-order valence-electron chi connectivity index (χ4n) is 5.08. The monoisotopic (exact) mass is 522 g/mol. The fraction of sp³-hybridized carbons (Fsp3) is 0.571. The van der Waals surface area contributed by atoms with Gasteiger partial charge in [-0.1, -0.05) is 18.2 Å². The molecule has 10 heteroatoms. The van der Waals surface area contributed by atoms with Gasteiger partial charge in [0.25, 0.3) is 0 Å². The number of hydrogen-bond acceptors (Lipinski definition) is 9. The van der Waals surface area contributed by atoms with Crippen LogP contribution in [0, 0.1) is 0 Å². The highest BCUT2D eigenvalue weighted by molar-refractivity contribution is 5.92. The van der Waals surface area contributed by atoms with Crippen molar-refractivity contribution in [2.75, 3.05) is 67.1 Å². The first-order chi connectivity index (χ1) is 18.3. The van der Waals surface area contributed by atoms with E-state index < -0.39 is 11.6 Å². The van der Waals surface area contributed by atoms with Crippen LogP contribution in [-0.2, 0) is 4.74 Å². The zero-order chi connectivity index (χ0) is 26.7. The molecule has 0 atom stereocenters. The average Bonchev–Trinajstić information content (AvgIpc) is 3.63. The lowest BCUT2D eigenvalue weighted by atomic mass is 10.2. The van der Waals surface area contributed by atoms with Crippen molar-refractivity contribution < 1.29 is 19.1 Å². The molecule has 0 spiro atoms. The number of carbonyl (C=O) groups excluding carboxylic acids is 2. The van der Waals surface area contributed by atoms with Crippen molar-refractivity contribution in [3.05, 3.63) is 35.9 Å². The Labute approximate surface area is 224 Å². The smallest absolute Gasteiger partial charge is 0.410 e. The van der Waals surface area contributed by atoms with E-state index in [1.165, 1.54) is 0 Å². The number of esters is 1. The molecule has 0 saturated carbocycles. The largest absolute Gasteiger partial charge is 0.444 e. The number of hydrogen-bond donors (Lipinski definition) is 0. The quantitative estimate of drug-likeness (QED) is 0.541. The lowest BCUT2D eigenvalue weighted by Gasteiger charge is -2.37. The molecular formula is C28H38N6O4. The van der Waals surface area contributed by atoms with Crippen molar-refractivity contribution in [2.45, 2.75) is 52.1 Å². The van der Waals surface area contributed by atoms with Crippen LogP contribution in [0.25, 0.3) is 0 Å². The maximum atomic E-state index is 13.2. The molecule has 10 nitrogen and oxygen atoms in total. The molecule has 1 aromatic heterocycles. The summed E-state index contributed by atoms with van der Waals surface area (Å²) in [5.41, 5.74) is -0.0706. The third-order valence-corrected chi connectivity index (χ3v) is 7.05. The third kappa shape index (κ3) is 5.95. The predicted octanol–water partition coefficient (Wildman–Crippen LogP) is 3.95. The first-order valence-electron chi connectivity index (χ1n) is 13.7. The number of rotatable bonds is 5. The molecule has 0 radical (unpaired) electrons. The lowest BCUT2D eigenvalue weighted by Crippen LogP contribution is -2.50. The van der Waals surface area contributed by atoms with Crippen molar-refractivity contribution in [2.24, 2.45) is 0 Å². The molecule has 5 rings (SSSR count). The molecule has 3 fully saturated rings. The summed E-state index contributed by atoms with van der Waals surface area (Å²) in [7, 11) is 0. The molecule has 3 aliphatic rings. The standard InChI is InChI=1S/C28H38N6O4/c1-28(2,3)38-27(36)34-19-17-32(18-20-34)24-22(37-25(35)21-11-5-4-6-12-21)23(31-13-7-8-14-31)29-26(30-24)33-15-9-10-16-33/h4-6,11-12H,7-10,13-20H2,1-3H3. The summed E-state index contributed by atoms with van der Waals surface area (Å²) in [6, 6.07) is 9.01. The lowest BCUT2D eigenvalue weighted by molar-refractivity contribution is 0.0240. The summed E-state index contributed by atoms with van der Waals surface area (Å²) in [5, 5.41) is 0. The second-order valence-corrected chi connectivity index (χ2v) is 11.1. The summed E-state index contributed by atoms with van der Waals surface area (Å²) in [5.74, 6) is 1.92. The van der Waals surface area contributed by atoms with Crippen LogP contribution < -0.4 is 19.4 Å². The Bertz CT molecular complexity index is 1130. The molecule has 0 bridgehead atoms. The van der Waals surface area contributed by atoms with Crippen molar-refractivity contribution >= 4 is 29.6 Å². The van der Waals surface area contributed by atoms with Crippen LogP contribution in [0.15, 0.2) is 30.3 Å². The molecule has 4 heterocycles. The van der Waals surface area contributed by atoms with E-state index in [0.29, 0.717) is 55.1 Å². The van der Waals surface area contributed by atoms with Crippen LogP contribution in [0.5, 0.6) is 5.75 Å². The Morgan fingerprint density at radius 1 is 0.737 bits per heavy atom. The SMILES string of the molecule is CC(C)(C)OC(=O)N1CCN(c2nc(N3CCCC3)nc(N3CCCC3)c2OC(=O)c2ccccc2)CC1. The van der Waals surface area contributed by atoms with Gasteiger partial charge in [-0.3, -0.25) is 0 Å². The Hall–Kier alpha value is -3.56. The van der Waals surface area contributed by atoms with Crippen LogP contribution >= 0.6 is 0 Å². The Kier molecular flexibility index (Phi) is 7.58. The van der Waals surface area contributed by atoms with E-state index >= 15 is 0 Å². The van der Waals surface area contributed by atoms with Crippen LogP contribution in [-0.4, -0.2) is 84.9 Å². The first kappa shape index (κ1) is 26.1. The summed E-state index contributed by atoms with van der Waals surface area (Å²) < 4.78 is 11.7. The Morgan fingerprint density at radius 2 is 1.26 bits per heavy atom. The molecule has 0 aliphatic carbocycles. The van der Waals surface area contributed by atoms with Gasteiger partial charge in [-0.15, -0.1) is 0 Å². The van der Waals surface area contributed by atoms with E-state index in [1.807, 2.05) is 39.0 Å². The van der Waals surface area contributed by atoms with E-state index in [2.05, 4.69) is 14.7 Å². The second-order valence-electron chi connectivity index (χ2n) is 11.1. The minimum absolute atomic E-state index is 0.314. The predicted molar refractivity (Wildman–Crippen MR) is 146 cm³/mol. The van der Waals surface area contributed by atoms with Crippen LogP contribution in [0.3, 0.4) is 0 Å². The molecule has 0 N–H and O–H groups in total. The maximum Gasteiger partial charge on any atom is 0.410 e. The van der Waals surface area contributed by atoms with Crippen molar-refractivity contribution in [3.63, 3.8) is 0 Å². The van der Waals surface area contributed by atoms with Gasteiger partial charge in [0.2, 0.25) is 11.7 Å². The Morgan fingerprint density at radius 3 is 1.82 bits per heavy atom. The first-order valence-corrected chi connectivity index (χ1v) is 13.7. The van der Waals surface area contributed by atoms with Gasteiger partial charge in [0, 0.05) is 52.4 Å². The van der Waals surface area contributed by atoms with Crippen molar-refractivity contribution in [1.29, 1.82) is 0 Å². The molecule has 2 aromatic rings. The number of ether oxygens (including phenoxy) is 2. The molecule has 3 aliphatic heterocycles.